The Bertz CT molecular complexity index is 382. The number of hydrogen-bond acceptors (Lipinski definition) is 2. The molecule has 1 aromatic rings. The van der Waals surface area contributed by atoms with Crippen LogP contribution in [0.2, 0.25) is 0 Å². The van der Waals surface area contributed by atoms with Crippen molar-refractivity contribution in [2.24, 2.45) is 0 Å². The van der Waals surface area contributed by atoms with Crippen LogP contribution >= 0.6 is 11.6 Å². The normalized spacial score (nSPS) is 23.9. The molecule has 0 spiro atoms. The third kappa shape index (κ3) is 2.55. The van der Waals surface area contributed by atoms with Gasteiger partial charge in [-0.15, -0.1) is 11.6 Å². The monoisotopic (exact) mass is 253 g/mol. The molecule has 92 valence electrons. The lowest BCUT2D eigenvalue weighted by atomic mass is 10.0. The number of alkyl halides is 1. The first-order chi connectivity index (χ1) is 8.24. The predicted octanol–water partition coefficient (Wildman–Crippen LogP) is 3.20. The maximum Gasteiger partial charge on any atom is 0.410 e. The molecule has 1 aliphatic rings. The summed E-state index contributed by atoms with van der Waals surface area (Å²) in [5.41, 5.74) is 1.04. The van der Waals surface area contributed by atoms with E-state index in [1.54, 1.807) is 4.90 Å². The topological polar surface area (TPSA) is 29.5 Å². The molecule has 3 nitrogen and oxygen atoms in total. The van der Waals surface area contributed by atoms with Gasteiger partial charge in [-0.1, -0.05) is 30.3 Å². The van der Waals surface area contributed by atoms with Crippen molar-refractivity contribution in [1.29, 1.82) is 0 Å². The molecule has 1 aliphatic heterocycles. The molecule has 4 heteroatoms. The molecule has 0 aromatic heterocycles. The van der Waals surface area contributed by atoms with Gasteiger partial charge in [0, 0.05) is 12.4 Å². The van der Waals surface area contributed by atoms with Crippen LogP contribution in [-0.4, -0.2) is 29.5 Å². The predicted molar refractivity (Wildman–Crippen MR) is 67.2 cm³/mol. The summed E-state index contributed by atoms with van der Waals surface area (Å²) in [5.74, 6) is 0.562. The highest BCUT2D eigenvalue weighted by molar-refractivity contribution is 6.17. The minimum Gasteiger partial charge on any atom is -0.439 e. The van der Waals surface area contributed by atoms with Gasteiger partial charge < -0.3 is 9.64 Å². The van der Waals surface area contributed by atoms with E-state index < -0.39 is 0 Å². The Labute approximate surface area is 106 Å². The lowest BCUT2D eigenvalue weighted by molar-refractivity contribution is 0.130. The third-order valence-corrected chi connectivity index (χ3v) is 3.32. The number of cyclic esters (lactones) is 1. The van der Waals surface area contributed by atoms with Crippen LogP contribution in [0, 0.1) is 0 Å². The van der Waals surface area contributed by atoms with Gasteiger partial charge in [-0.25, -0.2) is 4.79 Å². The zero-order chi connectivity index (χ0) is 12.3. The first-order valence-corrected chi connectivity index (χ1v) is 6.35. The smallest absolute Gasteiger partial charge is 0.410 e. The number of carbonyl (C=O) groups excluding carboxylic acids is 1. The second kappa shape index (κ2) is 5.41. The molecular formula is C13H16ClNO2. The standard InChI is InChI=1S/C13H16ClNO2/c1-10-12(11-6-3-2-4-7-11)17-13(16)15(10)9-5-8-14/h2-4,6-7,10,12H,5,8-9H2,1H3. The molecule has 0 aliphatic carbocycles. The summed E-state index contributed by atoms with van der Waals surface area (Å²) in [6, 6.07) is 9.90. The van der Waals surface area contributed by atoms with Gasteiger partial charge in [0.15, 0.2) is 0 Å². The van der Waals surface area contributed by atoms with E-state index >= 15 is 0 Å². The number of hydrogen-bond donors (Lipinski definition) is 0. The summed E-state index contributed by atoms with van der Waals surface area (Å²) in [4.78, 5) is 13.5. The lowest BCUT2D eigenvalue weighted by Gasteiger charge is -2.20. The summed E-state index contributed by atoms with van der Waals surface area (Å²) >= 11 is 5.65. The van der Waals surface area contributed by atoms with Gasteiger partial charge >= 0.3 is 6.09 Å². The van der Waals surface area contributed by atoms with Crippen LogP contribution in [0.5, 0.6) is 0 Å². The SMILES string of the molecule is CC1C(c2ccccc2)OC(=O)N1CCCCl. The van der Waals surface area contributed by atoms with E-state index in [-0.39, 0.29) is 18.2 Å². The highest BCUT2D eigenvalue weighted by Crippen LogP contribution is 2.32. The van der Waals surface area contributed by atoms with Crippen molar-refractivity contribution in [2.45, 2.75) is 25.5 Å². The summed E-state index contributed by atoms with van der Waals surface area (Å²) in [7, 11) is 0. The first-order valence-electron chi connectivity index (χ1n) is 5.82. The number of benzene rings is 1. The van der Waals surface area contributed by atoms with Crippen molar-refractivity contribution >= 4 is 17.7 Å². The fourth-order valence-corrected chi connectivity index (χ4v) is 2.24. The molecule has 2 unspecified atom stereocenters. The number of halogens is 1. The third-order valence-electron chi connectivity index (χ3n) is 3.05. The van der Waals surface area contributed by atoms with E-state index in [2.05, 4.69) is 0 Å². The van der Waals surface area contributed by atoms with Crippen molar-refractivity contribution in [3.05, 3.63) is 35.9 Å². The largest absolute Gasteiger partial charge is 0.439 e. The molecule has 0 saturated carbocycles. The Balaban J connectivity index is 2.10. The highest BCUT2D eigenvalue weighted by atomic mass is 35.5. The zero-order valence-electron chi connectivity index (χ0n) is 9.80. The molecule has 0 radical (unpaired) electrons. The molecule has 17 heavy (non-hydrogen) atoms. The molecule has 1 aromatic carbocycles. The maximum absolute atomic E-state index is 11.7. The molecule has 0 bridgehead atoms. The number of ether oxygens (including phenoxy) is 1. The quantitative estimate of drug-likeness (QED) is 0.772. The lowest BCUT2D eigenvalue weighted by Crippen LogP contribution is -2.33. The Hall–Kier alpha value is -1.22. The van der Waals surface area contributed by atoms with Crippen LogP contribution in [0.15, 0.2) is 30.3 Å². The zero-order valence-corrected chi connectivity index (χ0v) is 10.6. The number of nitrogens with zero attached hydrogens (tertiary/aromatic N) is 1. The molecule has 0 N–H and O–H groups in total. The second-order valence-corrected chi connectivity index (χ2v) is 4.57. The van der Waals surface area contributed by atoms with Gasteiger partial charge in [-0.3, -0.25) is 0 Å². The molecular weight excluding hydrogens is 238 g/mol. The van der Waals surface area contributed by atoms with E-state index in [0.29, 0.717) is 12.4 Å². The Kier molecular flexibility index (Phi) is 3.89. The number of amides is 1. The van der Waals surface area contributed by atoms with Crippen LogP contribution in [0.3, 0.4) is 0 Å². The number of rotatable bonds is 4. The van der Waals surface area contributed by atoms with Crippen molar-refractivity contribution in [3.63, 3.8) is 0 Å². The molecule has 2 rings (SSSR count). The summed E-state index contributed by atoms with van der Waals surface area (Å²) in [5, 5.41) is 0. The van der Waals surface area contributed by atoms with Crippen LogP contribution in [0.1, 0.15) is 25.0 Å². The average Bonchev–Trinajstić information content (AvgIpc) is 2.64. The van der Waals surface area contributed by atoms with E-state index in [1.165, 1.54) is 0 Å². The van der Waals surface area contributed by atoms with Crippen LogP contribution < -0.4 is 0 Å². The Morgan fingerprint density at radius 1 is 1.35 bits per heavy atom. The highest BCUT2D eigenvalue weighted by Gasteiger charge is 2.38. The van der Waals surface area contributed by atoms with Gasteiger partial charge in [0.05, 0.1) is 6.04 Å². The van der Waals surface area contributed by atoms with Crippen molar-refractivity contribution in [3.8, 4) is 0 Å². The van der Waals surface area contributed by atoms with Crippen LogP contribution in [0.25, 0.3) is 0 Å². The molecule has 1 saturated heterocycles. The summed E-state index contributed by atoms with van der Waals surface area (Å²) in [6.07, 6.45) is 0.387. The first kappa shape index (κ1) is 12.2. The van der Waals surface area contributed by atoms with Crippen LogP contribution in [0.4, 0.5) is 4.79 Å². The van der Waals surface area contributed by atoms with E-state index in [0.717, 1.165) is 12.0 Å². The molecule has 2 atom stereocenters. The van der Waals surface area contributed by atoms with Gasteiger partial charge in [0.2, 0.25) is 0 Å². The average molecular weight is 254 g/mol. The van der Waals surface area contributed by atoms with Crippen LogP contribution in [-0.2, 0) is 4.74 Å². The van der Waals surface area contributed by atoms with Crippen molar-refractivity contribution in [2.75, 3.05) is 12.4 Å². The molecule has 1 fully saturated rings. The minimum atomic E-state index is -0.239. The van der Waals surface area contributed by atoms with E-state index in [1.807, 2.05) is 37.3 Å². The molecule has 1 amide bonds. The van der Waals surface area contributed by atoms with Gasteiger partial charge in [0.1, 0.15) is 6.10 Å². The summed E-state index contributed by atoms with van der Waals surface area (Å²) < 4.78 is 5.41. The maximum atomic E-state index is 11.7. The van der Waals surface area contributed by atoms with Crippen molar-refractivity contribution in [1.82, 2.24) is 4.90 Å². The number of carbonyl (C=O) groups is 1. The van der Waals surface area contributed by atoms with Crippen molar-refractivity contribution < 1.29 is 9.53 Å². The Morgan fingerprint density at radius 2 is 2.06 bits per heavy atom. The van der Waals surface area contributed by atoms with Gasteiger partial charge in [-0.05, 0) is 18.9 Å². The Morgan fingerprint density at radius 3 is 2.71 bits per heavy atom. The minimum absolute atomic E-state index is 0.0631. The summed E-state index contributed by atoms with van der Waals surface area (Å²) in [6.45, 7) is 2.67. The fraction of sp³-hybridized carbons (Fsp3) is 0.462. The molecule has 1 heterocycles. The van der Waals surface area contributed by atoms with Gasteiger partial charge in [-0.2, -0.15) is 0 Å². The fourth-order valence-electron chi connectivity index (χ4n) is 2.12. The van der Waals surface area contributed by atoms with Gasteiger partial charge in [0.25, 0.3) is 0 Å². The van der Waals surface area contributed by atoms with E-state index in [9.17, 15) is 4.79 Å². The van der Waals surface area contributed by atoms with E-state index in [4.69, 9.17) is 16.3 Å². The second-order valence-electron chi connectivity index (χ2n) is 4.19.